The van der Waals surface area contributed by atoms with Gasteiger partial charge in [-0.3, -0.25) is 9.59 Å². The molecule has 0 saturated carbocycles. The molecule has 29 heavy (non-hydrogen) atoms. The minimum Gasteiger partial charge on any atom is -0.338 e. The summed E-state index contributed by atoms with van der Waals surface area (Å²) in [7, 11) is 0. The lowest BCUT2D eigenvalue weighted by molar-refractivity contribution is -0.121. The lowest BCUT2D eigenvalue weighted by Crippen LogP contribution is -2.43. The Morgan fingerprint density at radius 3 is 2.72 bits per heavy atom. The maximum Gasteiger partial charge on any atom is 0.254 e. The van der Waals surface area contributed by atoms with Crippen LogP contribution in [0.3, 0.4) is 0 Å². The fourth-order valence-electron chi connectivity index (χ4n) is 3.79. The van der Waals surface area contributed by atoms with Crippen LogP contribution in [-0.2, 0) is 4.79 Å². The van der Waals surface area contributed by atoms with Crippen molar-refractivity contribution in [3.63, 3.8) is 0 Å². The van der Waals surface area contributed by atoms with Crippen LogP contribution in [0.4, 0.5) is 10.1 Å². The van der Waals surface area contributed by atoms with Crippen LogP contribution in [0.25, 0.3) is 10.8 Å². The summed E-state index contributed by atoms with van der Waals surface area (Å²) in [4.78, 5) is 27.6. The van der Waals surface area contributed by atoms with E-state index in [0.29, 0.717) is 36.5 Å². The van der Waals surface area contributed by atoms with Gasteiger partial charge in [-0.25, -0.2) is 4.39 Å². The summed E-state index contributed by atoms with van der Waals surface area (Å²) in [6.45, 7) is 0.896. The van der Waals surface area contributed by atoms with E-state index in [0.717, 1.165) is 10.8 Å². The fourth-order valence-corrected chi connectivity index (χ4v) is 3.96. The molecule has 2 amide bonds. The summed E-state index contributed by atoms with van der Waals surface area (Å²) >= 11 is 5.90. The van der Waals surface area contributed by atoms with Gasteiger partial charge in [0.15, 0.2) is 0 Å². The molecule has 6 heteroatoms. The lowest BCUT2D eigenvalue weighted by Gasteiger charge is -2.32. The van der Waals surface area contributed by atoms with Gasteiger partial charge < -0.3 is 10.2 Å². The number of nitrogens with zero attached hydrogens (tertiary/aromatic N) is 1. The van der Waals surface area contributed by atoms with Crippen molar-refractivity contribution in [2.75, 3.05) is 18.4 Å². The van der Waals surface area contributed by atoms with Crippen molar-refractivity contribution >= 4 is 39.9 Å². The number of likely N-dealkylation sites (tertiary alicyclic amines) is 1. The van der Waals surface area contributed by atoms with Crippen LogP contribution >= 0.6 is 11.6 Å². The third-order valence-corrected chi connectivity index (χ3v) is 5.52. The second-order valence-electron chi connectivity index (χ2n) is 7.23. The zero-order chi connectivity index (χ0) is 20.4. The number of hydrogen-bond acceptors (Lipinski definition) is 2. The number of carbonyl (C=O) groups excluding carboxylic acids is 2. The van der Waals surface area contributed by atoms with Gasteiger partial charge >= 0.3 is 0 Å². The van der Waals surface area contributed by atoms with Gasteiger partial charge in [0, 0.05) is 23.7 Å². The van der Waals surface area contributed by atoms with E-state index in [4.69, 9.17) is 11.6 Å². The molecule has 1 N–H and O–H groups in total. The van der Waals surface area contributed by atoms with E-state index in [1.54, 1.807) is 4.90 Å². The molecule has 1 aliphatic heterocycles. The normalized spacial score (nSPS) is 16.6. The maximum atomic E-state index is 13.9. The van der Waals surface area contributed by atoms with Gasteiger partial charge in [-0.2, -0.15) is 0 Å². The summed E-state index contributed by atoms with van der Waals surface area (Å²) in [6, 6.07) is 17.4. The number of amides is 2. The first-order valence-corrected chi connectivity index (χ1v) is 9.93. The molecule has 3 aromatic rings. The molecule has 1 unspecified atom stereocenters. The molecule has 0 spiro atoms. The van der Waals surface area contributed by atoms with Gasteiger partial charge in [0.1, 0.15) is 5.82 Å². The molecule has 0 bridgehead atoms. The first-order valence-electron chi connectivity index (χ1n) is 9.56. The summed E-state index contributed by atoms with van der Waals surface area (Å²) < 4.78 is 13.9. The topological polar surface area (TPSA) is 49.4 Å². The number of rotatable bonds is 3. The molecule has 0 radical (unpaired) electrons. The van der Waals surface area contributed by atoms with E-state index in [9.17, 15) is 14.0 Å². The second kappa shape index (κ2) is 8.21. The summed E-state index contributed by atoms with van der Waals surface area (Å²) in [5.41, 5.74) is 0.685. The van der Waals surface area contributed by atoms with E-state index in [1.807, 2.05) is 42.5 Å². The molecule has 3 aromatic carbocycles. The minimum atomic E-state index is -0.540. The third kappa shape index (κ3) is 4.10. The average molecular weight is 411 g/mol. The first-order chi connectivity index (χ1) is 14.0. The van der Waals surface area contributed by atoms with Gasteiger partial charge in [0.25, 0.3) is 5.91 Å². The Morgan fingerprint density at radius 1 is 1.07 bits per heavy atom. The molecular weight excluding hydrogens is 391 g/mol. The molecule has 4 rings (SSSR count). The Labute approximate surface area is 173 Å². The zero-order valence-electron chi connectivity index (χ0n) is 15.7. The maximum absolute atomic E-state index is 13.9. The minimum absolute atomic E-state index is 0.0556. The lowest BCUT2D eigenvalue weighted by atomic mass is 9.95. The van der Waals surface area contributed by atoms with Gasteiger partial charge in [0.05, 0.1) is 11.6 Å². The highest BCUT2D eigenvalue weighted by atomic mass is 35.5. The SMILES string of the molecule is O=C(Nc1cc(Cl)ccc1F)C1CCCN(C(=O)c2cccc3ccccc23)C1. The molecule has 1 saturated heterocycles. The van der Waals surface area contributed by atoms with Crippen LogP contribution in [-0.4, -0.2) is 29.8 Å². The Balaban J connectivity index is 1.51. The summed E-state index contributed by atoms with van der Waals surface area (Å²) in [5, 5.41) is 4.86. The molecular formula is C23H20ClFN2O2. The van der Waals surface area contributed by atoms with Crippen molar-refractivity contribution in [2.24, 2.45) is 5.92 Å². The number of carbonyl (C=O) groups is 2. The number of anilines is 1. The standard InChI is InChI=1S/C23H20ClFN2O2/c24-17-10-11-20(25)21(13-17)26-22(28)16-7-4-12-27(14-16)23(29)19-9-3-6-15-5-1-2-8-18(15)19/h1-3,5-6,8-11,13,16H,4,7,12,14H2,(H,26,28). The van der Waals surface area contributed by atoms with Gasteiger partial charge in [-0.15, -0.1) is 0 Å². The summed E-state index contributed by atoms with van der Waals surface area (Å²) in [5.74, 6) is -1.34. The Morgan fingerprint density at radius 2 is 1.86 bits per heavy atom. The van der Waals surface area contributed by atoms with Crippen LogP contribution in [0.15, 0.2) is 60.7 Å². The van der Waals surface area contributed by atoms with E-state index < -0.39 is 11.7 Å². The zero-order valence-corrected chi connectivity index (χ0v) is 16.5. The Hall–Kier alpha value is -2.92. The molecule has 1 heterocycles. The molecule has 1 fully saturated rings. The highest BCUT2D eigenvalue weighted by Crippen LogP contribution is 2.25. The first kappa shape index (κ1) is 19.4. The number of fused-ring (bicyclic) bond motifs is 1. The number of hydrogen-bond donors (Lipinski definition) is 1. The van der Waals surface area contributed by atoms with Crippen molar-refractivity contribution < 1.29 is 14.0 Å². The van der Waals surface area contributed by atoms with E-state index in [-0.39, 0.29) is 17.5 Å². The third-order valence-electron chi connectivity index (χ3n) is 5.29. The van der Waals surface area contributed by atoms with Crippen LogP contribution in [0.5, 0.6) is 0 Å². The smallest absolute Gasteiger partial charge is 0.254 e. The van der Waals surface area contributed by atoms with Crippen LogP contribution in [0, 0.1) is 11.7 Å². The molecule has 1 aliphatic rings. The summed E-state index contributed by atoms with van der Waals surface area (Å²) in [6.07, 6.45) is 1.36. The monoisotopic (exact) mass is 410 g/mol. The molecule has 1 atom stereocenters. The van der Waals surface area contributed by atoms with Crippen molar-refractivity contribution in [1.29, 1.82) is 0 Å². The molecule has 0 aromatic heterocycles. The molecule has 148 valence electrons. The van der Waals surface area contributed by atoms with Crippen molar-refractivity contribution in [3.05, 3.63) is 77.1 Å². The molecule has 0 aliphatic carbocycles. The average Bonchev–Trinajstić information content (AvgIpc) is 2.75. The van der Waals surface area contributed by atoms with Gasteiger partial charge in [-0.1, -0.05) is 48.0 Å². The van der Waals surface area contributed by atoms with Crippen LogP contribution < -0.4 is 5.32 Å². The number of halogens is 2. The van der Waals surface area contributed by atoms with Crippen molar-refractivity contribution in [1.82, 2.24) is 4.90 Å². The Bertz CT molecular complexity index is 1080. The van der Waals surface area contributed by atoms with E-state index in [2.05, 4.69) is 5.32 Å². The van der Waals surface area contributed by atoms with Gasteiger partial charge in [0.2, 0.25) is 5.91 Å². The van der Waals surface area contributed by atoms with Crippen LogP contribution in [0.2, 0.25) is 5.02 Å². The predicted octanol–water partition coefficient (Wildman–Crippen LogP) is 5.12. The second-order valence-corrected chi connectivity index (χ2v) is 7.67. The van der Waals surface area contributed by atoms with Crippen molar-refractivity contribution in [3.8, 4) is 0 Å². The number of nitrogens with one attached hydrogen (secondary N) is 1. The highest BCUT2D eigenvalue weighted by molar-refractivity contribution is 6.30. The van der Waals surface area contributed by atoms with Gasteiger partial charge in [-0.05, 0) is 47.9 Å². The largest absolute Gasteiger partial charge is 0.338 e. The fraction of sp³-hybridized carbons (Fsp3) is 0.217. The number of piperidine rings is 1. The molecule has 4 nitrogen and oxygen atoms in total. The van der Waals surface area contributed by atoms with E-state index in [1.165, 1.54) is 18.2 Å². The van der Waals surface area contributed by atoms with Crippen LogP contribution in [0.1, 0.15) is 23.2 Å². The number of benzene rings is 3. The van der Waals surface area contributed by atoms with Crippen molar-refractivity contribution in [2.45, 2.75) is 12.8 Å². The highest BCUT2D eigenvalue weighted by Gasteiger charge is 2.30. The van der Waals surface area contributed by atoms with E-state index >= 15 is 0 Å². The predicted molar refractivity (Wildman–Crippen MR) is 113 cm³/mol. The quantitative estimate of drug-likeness (QED) is 0.651. The Kier molecular flexibility index (Phi) is 5.49.